The van der Waals surface area contributed by atoms with Crippen LogP contribution in [0.1, 0.15) is 24.6 Å². The molecular formula is C12H12IN3O3. The lowest BCUT2D eigenvalue weighted by molar-refractivity contribution is -0.384. The van der Waals surface area contributed by atoms with Crippen LogP contribution in [-0.2, 0) is 0 Å². The number of nitrogens with zero attached hydrogens (tertiary/aromatic N) is 2. The van der Waals surface area contributed by atoms with Crippen molar-refractivity contribution in [1.82, 2.24) is 4.98 Å². The maximum absolute atomic E-state index is 11.0. The van der Waals surface area contributed by atoms with Gasteiger partial charge in [0.2, 0.25) is 5.89 Å². The Morgan fingerprint density at radius 1 is 1.53 bits per heavy atom. The van der Waals surface area contributed by atoms with Gasteiger partial charge in [0.25, 0.3) is 5.69 Å². The molecule has 0 aliphatic rings. The van der Waals surface area contributed by atoms with E-state index in [2.05, 4.69) is 10.3 Å². The molecule has 0 aliphatic carbocycles. The van der Waals surface area contributed by atoms with Gasteiger partial charge in [0.05, 0.1) is 11.1 Å². The minimum atomic E-state index is -0.405. The molecule has 0 spiro atoms. The number of aromatic nitrogens is 1. The number of nitrogens with one attached hydrogen (secondary N) is 1. The van der Waals surface area contributed by atoms with E-state index < -0.39 is 4.92 Å². The number of nitro benzene ring substituents is 1. The summed E-state index contributed by atoms with van der Waals surface area (Å²) in [6.07, 6.45) is 1.62. The molecule has 7 heteroatoms. The maximum Gasteiger partial charge on any atom is 0.293 e. The molecule has 100 valence electrons. The predicted octanol–water partition coefficient (Wildman–Crippen LogP) is 3.67. The van der Waals surface area contributed by atoms with Crippen LogP contribution >= 0.6 is 22.6 Å². The fourth-order valence-electron chi connectivity index (χ4n) is 1.65. The molecule has 0 bridgehead atoms. The van der Waals surface area contributed by atoms with Crippen LogP contribution in [-0.4, -0.2) is 9.91 Å². The first-order valence-corrected chi connectivity index (χ1v) is 6.68. The van der Waals surface area contributed by atoms with E-state index in [1.165, 1.54) is 6.07 Å². The molecule has 1 aromatic heterocycles. The van der Waals surface area contributed by atoms with Crippen molar-refractivity contribution in [3.63, 3.8) is 0 Å². The molecule has 2 aromatic rings. The van der Waals surface area contributed by atoms with Crippen LogP contribution < -0.4 is 5.32 Å². The van der Waals surface area contributed by atoms with Gasteiger partial charge in [-0.25, -0.2) is 4.98 Å². The summed E-state index contributed by atoms with van der Waals surface area (Å²) in [5.74, 6) is 1.21. The summed E-state index contributed by atoms with van der Waals surface area (Å²) >= 11 is 2.04. The van der Waals surface area contributed by atoms with E-state index in [9.17, 15) is 10.1 Å². The SMILES string of the molecule is Cc1cnc(C(C)Nc2ccc(I)cc2[N+](=O)[O-])o1. The summed E-state index contributed by atoms with van der Waals surface area (Å²) in [7, 11) is 0. The molecule has 0 saturated heterocycles. The molecule has 0 amide bonds. The third-order valence-electron chi connectivity index (χ3n) is 2.54. The van der Waals surface area contributed by atoms with Crippen molar-refractivity contribution in [3.8, 4) is 0 Å². The first-order valence-electron chi connectivity index (χ1n) is 5.60. The molecule has 1 unspecified atom stereocenters. The number of oxazole rings is 1. The zero-order valence-corrected chi connectivity index (χ0v) is 12.5. The highest BCUT2D eigenvalue weighted by Crippen LogP contribution is 2.29. The van der Waals surface area contributed by atoms with Crippen LogP contribution in [0.25, 0.3) is 0 Å². The van der Waals surface area contributed by atoms with Crippen molar-refractivity contribution >= 4 is 34.0 Å². The Balaban J connectivity index is 2.26. The second-order valence-electron chi connectivity index (χ2n) is 4.09. The maximum atomic E-state index is 11.0. The number of anilines is 1. The van der Waals surface area contributed by atoms with Crippen LogP contribution in [0.3, 0.4) is 0 Å². The molecule has 6 nitrogen and oxygen atoms in total. The highest BCUT2D eigenvalue weighted by atomic mass is 127. The lowest BCUT2D eigenvalue weighted by Gasteiger charge is -2.12. The fourth-order valence-corrected chi connectivity index (χ4v) is 2.12. The van der Waals surface area contributed by atoms with Crippen molar-refractivity contribution in [2.24, 2.45) is 0 Å². The standard InChI is InChI=1S/C12H12IN3O3/c1-7-6-14-12(19-7)8(2)15-10-4-3-9(13)5-11(10)16(17)18/h3-6,8,15H,1-2H3. The van der Waals surface area contributed by atoms with Crippen molar-refractivity contribution in [2.45, 2.75) is 19.9 Å². The van der Waals surface area contributed by atoms with E-state index in [1.54, 1.807) is 19.2 Å². The van der Waals surface area contributed by atoms with Gasteiger partial charge in [-0.3, -0.25) is 10.1 Å². The molecule has 0 fully saturated rings. The topological polar surface area (TPSA) is 81.2 Å². The summed E-state index contributed by atoms with van der Waals surface area (Å²) in [6.45, 7) is 3.64. The smallest absolute Gasteiger partial charge is 0.293 e. The van der Waals surface area contributed by atoms with Gasteiger partial charge >= 0.3 is 0 Å². The Morgan fingerprint density at radius 2 is 2.26 bits per heavy atom. The first kappa shape index (κ1) is 13.8. The first-order chi connectivity index (χ1) is 8.97. The molecule has 0 radical (unpaired) electrons. The Bertz CT molecular complexity index is 612. The van der Waals surface area contributed by atoms with E-state index in [1.807, 2.05) is 35.6 Å². The van der Waals surface area contributed by atoms with E-state index >= 15 is 0 Å². The largest absolute Gasteiger partial charge is 0.444 e. The van der Waals surface area contributed by atoms with Crippen molar-refractivity contribution in [3.05, 3.63) is 49.7 Å². The quantitative estimate of drug-likeness (QED) is 0.503. The molecule has 0 saturated carbocycles. The van der Waals surface area contributed by atoms with Gasteiger partial charge in [0.1, 0.15) is 17.5 Å². The second-order valence-corrected chi connectivity index (χ2v) is 5.34. The van der Waals surface area contributed by atoms with Gasteiger partial charge in [0.15, 0.2) is 0 Å². The Labute approximate surface area is 123 Å². The number of benzene rings is 1. The number of hydrogen-bond donors (Lipinski definition) is 1. The van der Waals surface area contributed by atoms with Crippen molar-refractivity contribution < 1.29 is 9.34 Å². The van der Waals surface area contributed by atoms with Crippen LogP contribution in [0.5, 0.6) is 0 Å². The van der Waals surface area contributed by atoms with Crippen LogP contribution in [0.2, 0.25) is 0 Å². The van der Waals surface area contributed by atoms with Crippen LogP contribution in [0, 0.1) is 20.6 Å². The normalized spacial score (nSPS) is 12.2. The summed E-state index contributed by atoms with van der Waals surface area (Å²) in [6, 6.07) is 4.78. The van der Waals surface area contributed by atoms with Crippen molar-refractivity contribution in [2.75, 3.05) is 5.32 Å². The van der Waals surface area contributed by atoms with Gasteiger partial charge in [-0.1, -0.05) is 0 Å². The van der Waals surface area contributed by atoms with E-state index in [4.69, 9.17) is 4.42 Å². The van der Waals surface area contributed by atoms with Crippen LogP contribution in [0.15, 0.2) is 28.8 Å². The summed E-state index contributed by atoms with van der Waals surface area (Å²) in [5, 5.41) is 14.1. The minimum Gasteiger partial charge on any atom is -0.444 e. The molecular weight excluding hydrogens is 361 g/mol. The minimum absolute atomic E-state index is 0.0435. The molecule has 19 heavy (non-hydrogen) atoms. The molecule has 0 aliphatic heterocycles. The average molecular weight is 373 g/mol. The Morgan fingerprint density at radius 3 is 2.84 bits per heavy atom. The highest BCUT2D eigenvalue weighted by molar-refractivity contribution is 14.1. The zero-order valence-electron chi connectivity index (χ0n) is 10.4. The summed E-state index contributed by atoms with van der Waals surface area (Å²) in [5.41, 5.74) is 0.496. The summed E-state index contributed by atoms with van der Waals surface area (Å²) in [4.78, 5) is 14.7. The lowest BCUT2D eigenvalue weighted by Crippen LogP contribution is -2.08. The number of aryl methyl sites for hydroxylation is 1. The number of hydrogen-bond acceptors (Lipinski definition) is 5. The molecule has 1 aromatic carbocycles. The lowest BCUT2D eigenvalue weighted by atomic mass is 10.2. The van der Waals surface area contributed by atoms with Gasteiger partial charge in [-0.05, 0) is 48.6 Å². The van der Waals surface area contributed by atoms with Crippen LogP contribution in [0.4, 0.5) is 11.4 Å². The monoisotopic (exact) mass is 373 g/mol. The van der Waals surface area contributed by atoms with E-state index in [0.29, 0.717) is 17.3 Å². The van der Waals surface area contributed by atoms with Gasteiger partial charge in [-0.2, -0.15) is 0 Å². The third-order valence-corrected chi connectivity index (χ3v) is 3.21. The van der Waals surface area contributed by atoms with E-state index in [0.717, 1.165) is 3.57 Å². The Hall–Kier alpha value is -1.64. The van der Waals surface area contributed by atoms with Gasteiger partial charge in [0, 0.05) is 9.64 Å². The number of halogens is 1. The molecule has 2 rings (SSSR count). The number of rotatable bonds is 4. The number of nitro groups is 1. The van der Waals surface area contributed by atoms with Gasteiger partial charge < -0.3 is 9.73 Å². The second kappa shape index (κ2) is 5.55. The van der Waals surface area contributed by atoms with Crippen molar-refractivity contribution in [1.29, 1.82) is 0 Å². The molecule has 1 heterocycles. The third kappa shape index (κ3) is 3.22. The summed E-state index contributed by atoms with van der Waals surface area (Å²) < 4.78 is 6.21. The predicted molar refractivity (Wildman–Crippen MR) is 79.1 cm³/mol. The van der Waals surface area contributed by atoms with E-state index in [-0.39, 0.29) is 11.7 Å². The zero-order chi connectivity index (χ0) is 14.0. The Kier molecular flexibility index (Phi) is 4.03. The molecule has 1 N–H and O–H groups in total. The van der Waals surface area contributed by atoms with Gasteiger partial charge in [-0.15, -0.1) is 0 Å². The average Bonchev–Trinajstić information content (AvgIpc) is 2.78. The fraction of sp³-hybridized carbons (Fsp3) is 0.250. The molecule has 1 atom stereocenters. The highest BCUT2D eigenvalue weighted by Gasteiger charge is 2.18.